The molecule has 0 aromatic heterocycles. The third kappa shape index (κ3) is 4.69. The van der Waals surface area contributed by atoms with Crippen LogP contribution in [0.25, 0.3) is 0 Å². The van der Waals surface area contributed by atoms with Crippen LogP contribution >= 0.6 is 34.8 Å². The Balaban J connectivity index is 1.86. The van der Waals surface area contributed by atoms with Gasteiger partial charge in [0.05, 0.1) is 0 Å². The molecule has 1 aliphatic heterocycles. The van der Waals surface area contributed by atoms with Gasteiger partial charge < -0.3 is 9.47 Å². The topological polar surface area (TPSA) is 55.8 Å². The van der Waals surface area contributed by atoms with Crippen molar-refractivity contribution in [2.24, 2.45) is 5.92 Å². The molecule has 2 aromatic rings. The number of carbonyl (C=O) groups is 2. The minimum atomic E-state index is -1.16. The Kier molecular flexibility index (Phi) is 7.20. The maximum absolute atomic E-state index is 13.9. The lowest BCUT2D eigenvalue weighted by atomic mass is 9.59. The molecule has 1 heterocycles. The maximum Gasteiger partial charge on any atom is 0.417 e. The van der Waals surface area contributed by atoms with Crippen LogP contribution in [0.2, 0.25) is 15.1 Å². The summed E-state index contributed by atoms with van der Waals surface area (Å²) in [6.45, 7) is 7.24. The van der Waals surface area contributed by atoms with E-state index in [-0.39, 0.29) is 23.7 Å². The second-order valence-electron chi connectivity index (χ2n) is 10.4. The van der Waals surface area contributed by atoms with Crippen LogP contribution in [0.3, 0.4) is 0 Å². The predicted molar refractivity (Wildman–Crippen MR) is 138 cm³/mol. The van der Waals surface area contributed by atoms with Crippen molar-refractivity contribution in [2.75, 3.05) is 7.11 Å². The van der Waals surface area contributed by atoms with E-state index < -0.39 is 23.3 Å². The molecule has 0 radical (unpaired) electrons. The second-order valence-corrected chi connectivity index (χ2v) is 11.7. The largest absolute Gasteiger partial charge is 0.443 e. The second kappa shape index (κ2) is 9.59. The lowest BCUT2D eigenvalue weighted by Gasteiger charge is -2.46. The van der Waals surface area contributed by atoms with Crippen molar-refractivity contribution in [3.63, 3.8) is 0 Å². The number of imide groups is 1. The highest BCUT2D eigenvalue weighted by molar-refractivity contribution is 6.35. The molecule has 8 heteroatoms. The molecule has 1 aliphatic carbocycles. The van der Waals surface area contributed by atoms with E-state index in [9.17, 15) is 9.59 Å². The Labute approximate surface area is 221 Å². The van der Waals surface area contributed by atoms with Crippen LogP contribution in [0.4, 0.5) is 4.79 Å². The molecular formula is C27H30Cl3NO4. The Morgan fingerprint density at radius 3 is 2.26 bits per heavy atom. The zero-order valence-electron chi connectivity index (χ0n) is 20.5. The number of rotatable bonds is 3. The van der Waals surface area contributed by atoms with Crippen molar-refractivity contribution in [3.8, 4) is 0 Å². The Morgan fingerprint density at radius 1 is 1.06 bits per heavy atom. The summed E-state index contributed by atoms with van der Waals surface area (Å²) in [4.78, 5) is 28.3. The van der Waals surface area contributed by atoms with Gasteiger partial charge in [-0.2, -0.15) is 0 Å². The fraction of sp³-hybridized carbons (Fsp3) is 0.481. The van der Waals surface area contributed by atoms with Crippen molar-refractivity contribution >= 4 is 46.8 Å². The van der Waals surface area contributed by atoms with Crippen LogP contribution in [0, 0.1) is 5.92 Å². The molecule has 2 fully saturated rings. The predicted octanol–water partition coefficient (Wildman–Crippen LogP) is 7.48. The van der Waals surface area contributed by atoms with Gasteiger partial charge in [-0.3, -0.25) is 4.79 Å². The molecule has 0 unspecified atom stereocenters. The molecule has 2 aliphatic rings. The highest BCUT2D eigenvalue weighted by Gasteiger charge is 2.66. The van der Waals surface area contributed by atoms with Gasteiger partial charge in [0.2, 0.25) is 0 Å². The SMILES string of the molecule is CO[C@@]12CC[C@@H](c3ccc(Cl)cc3Cl)[C@H](c3ccc(Cl)cc3)[C@@H]1[C@H](C)N(C(=O)OC(C)(C)C)C2=O. The lowest BCUT2D eigenvalue weighted by molar-refractivity contribution is -0.153. The summed E-state index contributed by atoms with van der Waals surface area (Å²) in [7, 11) is 1.55. The van der Waals surface area contributed by atoms with Crippen LogP contribution in [-0.2, 0) is 14.3 Å². The molecule has 0 N–H and O–H groups in total. The van der Waals surface area contributed by atoms with Crippen LogP contribution in [0.15, 0.2) is 42.5 Å². The first-order valence-corrected chi connectivity index (χ1v) is 12.8. The highest BCUT2D eigenvalue weighted by atomic mass is 35.5. The van der Waals surface area contributed by atoms with E-state index in [4.69, 9.17) is 44.3 Å². The first-order valence-electron chi connectivity index (χ1n) is 11.7. The summed E-state index contributed by atoms with van der Waals surface area (Å²) in [5.74, 6) is -0.889. The van der Waals surface area contributed by atoms with E-state index in [1.165, 1.54) is 4.90 Å². The third-order valence-electron chi connectivity index (χ3n) is 7.26. The zero-order valence-corrected chi connectivity index (χ0v) is 22.7. The molecule has 5 nitrogen and oxygen atoms in total. The standard InChI is InChI=1S/C27H30Cl3NO4/c1-15-23-22(16-6-8-17(28)9-7-16)20(19-11-10-18(29)14-21(19)30)12-13-27(23,34-5)24(32)31(15)25(33)35-26(2,3)4/h6-11,14-15,20,22-23H,12-13H2,1-5H3/t15-,20-,22-,23-,27-/m0/s1. The van der Waals surface area contributed by atoms with Crippen molar-refractivity contribution in [3.05, 3.63) is 68.7 Å². The smallest absolute Gasteiger partial charge is 0.417 e. The third-order valence-corrected chi connectivity index (χ3v) is 8.08. The summed E-state index contributed by atoms with van der Waals surface area (Å²) in [6.07, 6.45) is 0.431. The van der Waals surface area contributed by atoms with E-state index in [0.717, 1.165) is 11.1 Å². The molecule has 35 heavy (non-hydrogen) atoms. The van der Waals surface area contributed by atoms with Gasteiger partial charge in [0.1, 0.15) is 5.60 Å². The average molecular weight is 539 g/mol. The molecule has 0 spiro atoms. The number of halogens is 3. The lowest BCUT2D eigenvalue weighted by Crippen LogP contribution is -2.51. The Bertz CT molecular complexity index is 1130. The van der Waals surface area contributed by atoms with Crippen LogP contribution < -0.4 is 0 Å². The first kappa shape index (κ1) is 26.3. The number of methoxy groups -OCH3 is 1. The molecule has 2 amide bonds. The summed E-state index contributed by atoms with van der Waals surface area (Å²) >= 11 is 19.1. The Morgan fingerprint density at radius 2 is 1.69 bits per heavy atom. The number of carbonyl (C=O) groups excluding carboxylic acids is 2. The van der Waals surface area contributed by atoms with E-state index in [0.29, 0.717) is 27.9 Å². The molecule has 188 valence electrons. The van der Waals surface area contributed by atoms with Crippen molar-refractivity contribution in [1.82, 2.24) is 4.90 Å². The molecular weight excluding hydrogens is 509 g/mol. The highest BCUT2D eigenvalue weighted by Crippen LogP contribution is 2.58. The van der Waals surface area contributed by atoms with Gasteiger partial charge in [0.25, 0.3) is 5.91 Å². The van der Waals surface area contributed by atoms with E-state index in [1.807, 2.05) is 43.3 Å². The quantitative estimate of drug-likeness (QED) is 0.406. The van der Waals surface area contributed by atoms with Gasteiger partial charge in [-0.15, -0.1) is 0 Å². The van der Waals surface area contributed by atoms with Crippen LogP contribution in [0.1, 0.15) is 63.5 Å². The summed E-state index contributed by atoms with van der Waals surface area (Å²) in [5, 5.41) is 1.76. The number of hydrogen-bond acceptors (Lipinski definition) is 4. The fourth-order valence-corrected chi connectivity index (χ4v) is 6.58. The number of ether oxygens (including phenoxy) is 2. The minimum Gasteiger partial charge on any atom is -0.443 e. The monoisotopic (exact) mass is 537 g/mol. The number of fused-ring (bicyclic) bond motifs is 1. The van der Waals surface area contributed by atoms with Crippen LogP contribution in [-0.4, -0.2) is 41.3 Å². The molecule has 4 rings (SSSR count). The van der Waals surface area contributed by atoms with E-state index in [2.05, 4.69) is 0 Å². The zero-order chi connectivity index (χ0) is 25.7. The average Bonchev–Trinajstić information content (AvgIpc) is 3.00. The van der Waals surface area contributed by atoms with Gasteiger partial charge in [-0.25, -0.2) is 9.69 Å². The summed E-state index contributed by atoms with van der Waals surface area (Å²) < 4.78 is 11.6. The van der Waals surface area contributed by atoms with Crippen molar-refractivity contribution < 1.29 is 19.1 Å². The van der Waals surface area contributed by atoms with Gasteiger partial charge in [0, 0.05) is 34.1 Å². The fourth-order valence-electron chi connectivity index (χ4n) is 5.91. The number of benzene rings is 2. The normalized spacial score (nSPS) is 28.7. The molecule has 1 saturated carbocycles. The van der Waals surface area contributed by atoms with Crippen molar-refractivity contribution in [2.45, 2.75) is 69.6 Å². The number of likely N-dealkylation sites (tertiary alicyclic amines) is 1. The maximum atomic E-state index is 13.9. The number of nitrogens with zero attached hydrogens (tertiary/aromatic N) is 1. The van der Waals surface area contributed by atoms with Crippen LogP contribution in [0.5, 0.6) is 0 Å². The van der Waals surface area contributed by atoms with Gasteiger partial charge >= 0.3 is 6.09 Å². The number of hydrogen-bond donors (Lipinski definition) is 0. The van der Waals surface area contributed by atoms with Gasteiger partial charge in [-0.05, 0) is 87.8 Å². The molecule has 5 atom stereocenters. The van der Waals surface area contributed by atoms with E-state index in [1.54, 1.807) is 33.9 Å². The minimum absolute atomic E-state index is 0.0250. The first-order chi connectivity index (χ1) is 16.4. The summed E-state index contributed by atoms with van der Waals surface area (Å²) in [6, 6.07) is 12.7. The van der Waals surface area contributed by atoms with Crippen molar-refractivity contribution in [1.29, 1.82) is 0 Å². The number of amides is 2. The molecule has 2 aromatic carbocycles. The van der Waals surface area contributed by atoms with E-state index >= 15 is 0 Å². The summed E-state index contributed by atoms with van der Waals surface area (Å²) in [5.41, 5.74) is 0.0640. The Hall–Kier alpha value is -1.79. The van der Waals surface area contributed by atoms with Gasteiger partial charge in [-0.1, -0.05) is 53.0 Å². The van der Waals surface area contributed by atoms with Gasteiger partial charge in [0.15, 0.2) is 5.60 Å². The molecule has 0 bridgehead atoms. The molecule has 1 saturated heterocycles.